The minimum Gasteiger partial charge on any atom is -0.307 e. The van der Waals surface area contributed by atoms with Crippen LogP contribution in [-0.4, -0.2) is 26.4 Å². The van der Waals surface area contributed by atoms with Crippen molar-refractivity contribution in [2.24, 2.45) is 0 Å². The second-order valence-corrected chi connectivity index (χ2v) is 8.63. The second-order valence-electron chi connectivity index (χ2n) is 7.69. The van der Waals surface area contributed by atoms with Crippen LogP contribution in [0.2, 0.25) is 0 Å². The summed E-state index contributed by atoms with van der Waals surface area (Å²) in [4.78, 5) is 15.1. The van der Waals surface area contributed by atoms with Gasteiger partial charge in [-0.3, -0.25) is 4.79 Å². The van der Waals surface area contributed by atoms with E-state index in [4.69, 9.17) is 0 Å². The van der Waals surface area contributed by atoms with Crippen LogP contribution < -0.4 is 4.90 Å². The zero-order valence-corrected chi connectivity index (χ0v) is 17.7. The molecular formula is C23H26N4OS. The number of para-hydroxylation sites is 1. The molecule has 1 fully saturated rings. The predicted molar refractivity (Wildman–Crippen MR) is 117 cm³/mol. The molecular weight excluding hydrogens is 380 g/mol. The van der Waals surface area contributed by atoms with Crippen molar-refractivity contribution in [3.8, 4) is 0 Å². The molecule has 1 aromatic heterocycles. The molecule has 6 heteroatoms. The summed E-state index contributed by atoms with van der Waals surface area (Å²) in [5, 5.41) is 9.64. The topological polar surface area (TPSA) is 51.0 Å². The van der Waals surface area contributed by atoms with Gasteiger partial charge in [0.25, 0.3) is 0 Å². The molecule has 150 valence electrons. The summed E-state index contributed by atoms with van der Waals surface area (Å²) in [5.41, 5.74) is 2.02. The largest absolute Gasteiger partial charge is 0.307 e. The highest BCUT2D eigenvalue weighted by atomic mass is 32.2. The van der Waals surface area contributed by atoms with Gasteiger partial charge in [0.1, 0.15) is 5.82 Å². The summed E-state index contributed by atoms with van der Waals surface area (Å²) >= 11 is 1.49. The van der Waals surface area contributed by atoms with Crippen LogP contribution in [0.4, 0.5) is 5.69 Å². The molecule has 0 atom stereocenters. The van der Waals surface area contributed by atoms with E-state index in [-0.39, 0.29) is 5.91 Å². The lowest BCUT2D eigenvalue weighted by Crippen LogP contribution is -2.32. The molecule has 0 bridgehead atoms. The summed E-state index contributed by atoms with van der Waals surface area (Å²) < 4.78 is 2.24. The van der Waals surface area contributed by atoms with Gasteiger partial charge in [-0.25, -0.2) is 0 Å². The van der Waals surface area contributed by atoms with E-state index in [1.54, 1.807) is 0 Å². The number of hydrogen-bond donors (Lipinski definition) is 0. The van der Waals surface area contributed by atoms with Crippen LogP contribution in [0.3, 0.4) is 0 Å². The highest BCUT2D eigenvalue weighted by molar-refractivity contribution is 7.99. The van der Waals surface area contributed by atoms with Crippen LogP contribution in [0.1, 0.15) is 50.0 Å². The minimum absolute atomic E-state index is 0.0708. The number of benzene rings is 2. The summed E-state index contributed by atoms with van der Waals surface area (Å²) in [6.45, 7) is 4.83. The van der Waals surface area contributed by atoms with Crippen molar-refractivity contribution in [2.45, 2.75) is 50.4 Å². The fourth-order valence-electron chi connectivity index (χ4n) is 3.36. The SMILES string of the molecule is CC(C)c1nnc(SCC(=O)N(Cc2ccccc2)c2ccccc2)n1C1CC1. The summed E-state index contributed by atoms with van der Waals surface area (Å²) in [5.74, 6) is 1.75. The number of anilines is 1. The lowest BCUT2D eigenvalue weighted by molar-refractivity contribution is -0.116. The summed E-state index contributed by atoms with van der Waals surface area (Å²) in [7, 11) is 0. The normalized spacial score (nSPS) is 13.6. The van der Waals surface area contributed by atoms with Gasteiger partial charge in [0.05, 0.1) is 12.3 Å². The Kier molecular flexibility index (Phi) is 6.00. The number of amides is 1. The molecule has 0 saturated heterocycles. The average Bonchev–Trinajstić information content (AvgIpc) is 3.50. The number of carbonyl (C=O) groups is 1. The first kappa shape index (κ1) is 19.7. The molecule has 29 heavy (non-hydrogen) atoms. The monoisotopic (exact) mass is 406 g/mol. The highest BCUT2D eigenvalue weighted by Crippen LogP contribution is 2.40. The zero-order chi connectivity index (χ0) is 20.2. The first-order valence-electron chi connectivity index (χ1n) is 10.1. The number of aromatic nitrogens is 3. The van der Waals surface area contributed by atoms with Crippen molar-refractivity contribution in [3.05, 3.63) is 72.1 Å². The van der Waals surface area contributed by atoms with Gasteiger partial charge in [-0.05, 0) is 30.5 Å². The number of carbonyl (C=O) groups excluding carboxylic acids is 1. The van der Waals surface area contributed by atoms with E-state index in [1.165, 1.54) is 24.6 Å². The average molecular weight is 407 g/mol. The Morgan fingerprint density at radius 3 is 2.34 bits per heavy atom. The Labute approximate surface area is 176 Å². The van der Waals surface area contributed by atoms with Crippen LogP contribution in [0.25, 0.3) is 0 Å². The molecule has 0 radical (unpaired) electrons. The molecule has 1 aliphatic rings. The van der Waals surface area contributed by atoms with Crippen molar-refractivity contribution in [2.75, 3.05) is 10.7 Å². The van der Waals surface area contributed by atoms with Gasteiger partial charge < -0.3 is 9.47 Å². The first-order chi connectivity index (χ1) is 14.1. The van der Waals surface area contributed by atoms with Crippen molar-refractivity contribution in [1.29, 1.82) is 0 Å². The fraction of sp³-hybridized carbons (Fsp3) is 0.348. The van der Waals surface area contributed by atoms with Gasteiger partial charge in [0.2, 0.25) is 5.91 Å². The molecule has 0 unspecified atom stereocenters. The molecule has 0 spiro atoms. The quantitative estimate of drug-likeness (QED) is 0.491. The molecule has 5 nitrogen and oxygen atoms in total. The molecule has 0 aliphatic heterocycles. The standard InChI is InChI=1S/C23H26N4OS/c1-17(2)22-24-25-23(27(22)20-13-14-20)29-16-21(28)26(19-11-7-4-8-12-19)15-18-9-5-3-6-10-18/h3-12,17,20H,13-16H2,1-2H3. The van der Waals surface area contributed by atoms with E-state index < -0.39 is 0 Å². The van der Waals surface area contributed by atoms with Crippen LogP contribution in [0, 0.1) is 0 Å². The Morgan fingerprint density at radius 1 is 1.07 bits per heavy atom. The number of nitrogens with zero attached hydrogens (tertiary/aromatic N) is 4. The molecule has 4 rings (SSSR count). The maximum absolute atomic E-state index is 13.2. The van der Waals surface area contributed by atoms with Crippen LogP contribution >= 0.6 is 11.8 Å². The highest BCUT2D eigenvalue weighted by Gasteiger charge is 2.31. The minimum atomic E-state index is 0.0708. The zero-order valence-electron chi connectivity index (χ0n) is 16.9. The molecule has 1 heterocycles. The molecule has 1 amide bonds. The third kappa shape index (κ3) is 4.70. The van der Waals surface area contributed by atoms with Crippen LogP contribution in [-0.2, 0) is 11.3 Å². The van der Waals surface area contributed by atoms with Crippen molar-refractivity contribution in [3.63, 3.8) is 0 Å². The molecule has 2 aromatic carbocycles. The smallest absolute Gasteiger partial charge is 0.237 e. The van der Waals surface area contributed by atoms with E-state index in [2.05, 4.69) is 40.7 Å². The van der Waals surface area contributed by atoms with Gasteiger partial charge in [0.15, 0.2) is 5.16 Å². The molecule has 1 aliphatic carbocycles. The third-order valence-electron chi connectivity index (χ3n) is 5.00. The number of thioether (sulfide) groups is 1. The maximum atomic E-state index is 13.2. The van der Waals surface area contributed by atoms with E-state index in [1.807, 2.05) is 53.4 Å². The van der Waals surface area contributed by atoms with Crippen LogP contribution in [0.5, 0.6) is 0 Å². The van der Waals surface area contributed by atoms with Gasteiger partial charge in [0, 0.05) is 17.6 Å². The van der Waals surface area contributed by atoms with Gasteiger partial charge in [-0.1, -0.05) is 74.1 Å². The Morgan fingerprint density at radius 2 is 1.72 bits per heavy atom. The maximum Gasteiger partial charge on any atom is 0.237 e. The second kappa shape index (κ2) is 8.82. The van der Waals surface area contributed by atoms with Crippen molar-refractivity contribution < 1.29 is 4.79 Å². The van der Waals surface area contributed by atoms with Gasteiger partial charge >= 0.3 is 0 Å². The van der Waals surface area contributed by atoms with Gasteiger partial charge in [-0.2, -0.15) is 0 Å². The van der Waals surface area contributed by atoms with Crippen molar-refractivity contribution in [1.82, 2.24) is 14.8 Å². The fourth-order valence-corrected chi connectivity index (χ4v) is 4.25. The molecule has 0 N–H and O–H groups in total. The van der Waals surface area contributed by atoms with E-state index in [9.17, 15) is 4.79 Å². The first-order valence-corrected chi connectivity index (χ1v) is 11.1. The Bertz CT molecular complexity index is 952. The molecule has 1 saturated carbocycles. The van der Waals surface area contributed by atoms with Gasteiger partial charge in [-0.15, -0.1) is 10.2 Å². The van der Waals surface area contributed by atoms with E-state index in [0.29, 0.717) is 24.3 Å². The lowest BCUT2D eigenvalue weighted by atomic mass is 10.2. The van der Waals surface area contributed by atoms with Crippen LogP contribution in [0.15, 0.2) is 65.8 Å². The Balaban J connectivity index is 1.51. The predicted octanol–water partition coefficient (Wildman–Crippen LogP) is 5.06. The van der Waals surface area contributed by atoms with E-state index in [0.717, 1.165) is 22.2 Å². The van der Waals surface area contributed by atoms with E-state index >= 15 is 0 Å². The molecule has 3 aromatic rings. The Hall–Kier alpha value is -2.60. The number of hydrogen-bond acceptors (Lipinski definition) is 4. The summed E-state index contributed by atoms with van der Waals surface area (Å²) in [6.07, 6.45) is 2.34. The number of rotatable bonds is 8. The summed E-state index contributed by atoms with van der Waals surface area (Å²) in [6, 6.07) is 20.5. The lowest BCUT2D eigenvalue weighted by Gasteiger charge is -2.23. The third-order valence-corrected chi connectivity index (χ3v) is 5.92. The van der Waals surface area contributed by atoms with Crippen molar-refractivity contribution >= 4 is 23.4 Å².